The molecule has 1 aliphatic heterocycles. The van der Waals surface area contributed by atoms with E-state index in [2.05, 4.69) is 10.3 Å². The van der Waals surface area contributed by atoms with Gasteiger partial charge in [-0.25, -0.2) is 4.98 Å². The van der Waals surface area contributed by atoms with Gasteiger partial charge in [-0.3, -0.25) is 9.59 Å². The van der Waals surface area contributed by atoms with Gasteiger partial charge in [0.25, 0.3) is 11.8 Å². The molecule has 1 N–H and O–H groups in total. The number of hydrogen-bond acceptors (Lipinski definition) is 6. The Kier molecular flexibility index (Phi) is 6.22. The molecule has 142 valence electrons. The molecule has 1 aromatic carbocycles. The lowest BCUT2D eigenvalue weighted by molar-refractivity contribution is -0.137. The Bertz CT molecular complexity index is 788. The zero-order chi connectivity index (χ0) is 19.1. The molecule has 8 heteroatoms. The first-order valence-corrected chi connectivity index (χ1v) is 8.55. The van der Waals surface area contributed by atoms with Crippen molar-refractivity contribution in [2.24, 2.45) is 0 Å². The van der Waals surface area contributed by atoms with Crippen LogP contribution < -0.4 is 14.8 Å². The molecule has 0 bridgehead atoms. The third kappa shape index (κ3) is 5.18. The molecule has 27 heavy (non-hydrogen) atoms. The van der Waals surface area contributed by atoms with Crippen LogP contribution in [0.15, 0.2) is 42.6 Å². The fourth-order valence-electron chi connectivity index (χ4n) is 2.55. The number of carbonyl (C=O) groups excluding carboxylic acids is 2. The summed E-state index contributed by atoms with van der Waals surface area (Å²) in [6, 6.07) is 10.00. The normalized spacial score (nSPS) is 13.7. The summed E-state index contributed by atoms with van der Waals surface area (Å²) in [4.78, 5) is 30.0. The Morgan fingerprint density at radius 3 is 2.63 bits per heavy atom. The van der Waals surface area contributed by atoms with Crippen LogP contribution in [0.1, 0.15) is 10.4 Å². The number of methoxy groups -OCH3 is 1. The van der Waals surface area contributed by atoms with E-state index in [9.17, 15) is 9.59 Å². The highest BCUT2D eigenvalue weighted by Crippen LogP contribution is 2.17. The first-order valence-electron chi connectivity index (χ1n) is 8.55. The maximum atomic E-state index is 12.3. The molecule has 0 atom stereocenters. The van der Waals surface area contributed by atoms with Crippen LogP contribution >= 0.6 is 0 Å². The van der Waals surface area contributed by atoms with E-state index >= 15 is 0 Å². The number of pyridine rings is 1. The maximum Gasteiger partial charge on any atom is 0.260 e. The molecule has 0 saturated carbocycles. The highest BCUT2D eigenvalue weighted by Gasteiger charge is 2.17. The number of morpholine rings is 1. The van der Waals surface area contributed by atoms with Crippen molar-refractivity contribution in [2.45, 2.75) is 0 Å². The number of ether oxygens (including phenoxy) is 3. The van der Waals surface area contributed by atoms with E-state index in [-0.39, 0.29) is 18.4 Å². The highest BCUT2D eigenvalue weighted by atomic mass is 16.5. The summed E-state index contributed by atoms with van der Waals surface area (Å²) in [5.74, 6) is 0.589. The second-order valence-electron chi connectivity index (χ2n) is 5.85. The second-order valence-corrected chi connectivity index (χ2v) is 5.85. The summed E-state index contributed by atoms with van der Waals surface area (Å²) >= 11 is 0. The molecule has 2 amide bonds. The van der Waals surface area contributed by atoms with Gasteiger partial charge in [0.15, 0.2) is 6.61 Å². The molecule has 0 aliphatic carbocycles. The van der Waals surface area contributed by atoms with Crippen molar-refractivity contribution in [3.8, 4) is 11.6 Å². The van der Waals surface area contributed by atoms with Gasteiger partial charge in [0, 0.05) is 36.6 Å². The number of anilines is 1. The average molecular weight is 371 g/mol. The lowest BCUT2D eigenvalue weighted by atomic mass is 10.2. The molecular formula is C19H21N3O5. The van der Waals surface area contributed by atoms with Gasteiger partial charge < -0.3 is 24.4 Å². The van der Waals surface area contributed by atoms with Crippen LogP contribution in [-0.2, 0) is 9.53 Å². The van der Waals surface area contributed by atoms with Gasteiger partial charge >= 0.3 is 0 Å². The lowest BCUT2D eigenvalue weighted by Crippen LogP contribution is -2.42. The van der Waals surface area contributed by atoms with Gasteiger partial charge in [0.2, 0.25) is 5.88 Å². The third-order valence-corrected chi connectivity index (χ3v) is 4.04. The summed E-state index contributed by atoms with van der Waals surface area (Å²) in [7, 11) is 1.49. The van der Waals surface area contributed by atoms with Crippen molar-refractivity contribution in [3.63, 3.8) is 0 Å². The summed E-state index contributed by atoms with van der Waals surface area (Å²) in [6.45, 7) is 2.27. The van der Waals surface area contributed by atoms with Crippen molar-refractivity contribution >= 4 is 17.5 Å². The number of rotatable bonds is 6. The first kappa shape index (κ1) is 18.7. The number of hydrogen-bond donors (Lipinski definition) is 1. The summed E-state index contributed by atoms with van der Waals surface area (Å²) < 4.78 is 15.8. The molecule has 0 unspecified atom stereocenters. The lowest BCUT2D eigenvalue weighted by Gasteiger charge is -2.26. The first-order chi connectivity index (χ1) is 13.2. The number of nitrogens with zero attached hydrogens (tertiary/aromatic N) is 2. The van der Waals surface area contributed by atoms with Gasteiger partial charge in [-0.15, -0.1) is 0 Å². The van der Waals surface area contributed by atoms with Crippen molar-refractivity contribution in [2.75, 3.05) is 45.3 Å². The van der Waals surface area contributed by atoms with Crippen molar-refractivity contribution < 1.29 is 23.8 Å². The molecule has 3 rings (SSSR count). The summed E-state index contributed by atoms with van der Waals surface area (Å²) in [6.07, 6.45) is 1.51. The smallest absolute Gasteiger partial charge is 0.260 e. The van der Waals surface area contributed by atoms with Crippen molar-refractivity contribution in [1.82, 2.24) is 9.88 Å². The van der Waals surface area contributed by atoms with Gasteiger partial charge in [0.1, 0.15) is 5.75 Å². The van der Waals surface area contributed by atoms with Crippen molar-refractivity contribution in [1.29, 1.82) is 0 Å². The summed E-state index contributed by atoms with van der Waals surface area (Å²) in [5.41, 5.74) is 1.06. The minimum atomic E-state index is -0.271. The van der Waals surface area contributed by atoms with E-state index in [0.29, 0.717) is 49.2 Å². The molecule has 1 aliphatic rings. The molecule has 2 heterocycles. The maximum absolute atomic E-state index is 12.3. The zero-order valence-corrected chi connectivity index (χ0v) is 15.0. The Labute approximate surface area is 157 Å². The topological polar surface area (TPSA) is 90.0 Å². The average Bonchev–Trinajstić information content (AvgIpc) is 2.73. The molecular weight excluding hydrogens is 350 g/mol. The second kappa shape index (κ2) is 9.00. The Balaban J connectivity index is 1.52. The monoisotopic (exact) mass is 371 g/mol. The summed E-state index contributed by atoms with van der Waals surface area (Å²) in [5, 5.41) is 2.79. The fraction of sp³-hybridized carbons (Fsp3) is 0.316. The number of amides is 2. The molecule has 1 fully saturated rings. The van der Waals surface area contributed by atoms with Gasteiger partial charge in [-0.05, 0) is 30.3 Å². The largest absolute Gasteiger partial charge is 0.484 e. The van der Waals surface area contributed by atoms with Gasteiger partial charge in [-0.2, -0.15) is 0 Å². The van der Waals surface area contributed by atoms with Crippen LogP contribution in [0.25, 0.3) is 0 Å². The Morgan fingerprint density at radius 2 is 1.93 bits per heavy atom. The highest BCUT2D eigenvalue weighted by molar-refractivity contribution is 6.04. The van der Waals surface area contributed by atoms with Crippen LogP contribution in [0.4, 0.5) is 5.69 Å². The van der Waals surface area contributed by atoms with Gasteiger partial charge in [-0.1, -0.05) is 0 Å². The number of carbonyl (C=O) groups is 2. The Hall–Kier alpha value is -3.13. The van der Waals surface area contributed by atoms with Crippen LogP contribution in [0.3, 0.4) is 0 Å². The number of nitrogens with one attached hydrogen (secondary N) is 1. The molecule has 1 saturated heterocycles. The van der Waals surface area contributed by atoms with E-state index in [4.69, 9.17) is 14.2 Å². The zero-order valence-electron chi connectivity index (χ0n) is 15.0. The Morgan fingerprint density at radius 1 is 1.19 bits per heavy atom. The predicted octanol–water partition coefficient (Wildman–Crippen LogP) is 1.58. The van der Waals surface area contributed by atoms with Crippen LogP contribution in [0.5, 0.6) is 11.6 Å². The van der Waals surface area contributed by atoms with E-state index in [1.54, 1.807) is 41.3 Å². The van der Waals surface area contributed by atoms with Crippen LogP contribution in [0, 0.1) is 0 Å². The molecule has 0 spiro atoms. The minimum absolute atomic E-state index is 0.0253. The predicted molar refractivity (Wildman–Crippen MR) is 98.1 cm³/mol. The molecule has 8 nitrogen and oxygen atoms in total. The quantitative estimate of drug-likeness (QED) is 0.829. The standard InChI is InChI=1S/C19H21N3O5/c1-25-17-12-14(6-7-20-17)19(24)21-15-2-4-16(5-3-15)27-13-18(23)22-8-10-26-11-9-22/h2-7,12H,8-11,13H2,1H3,(H,21,24). The number of aromatic nitrogens is 1. The van der Waals surface area contributed by atoms with Crippen LogP contribution in [-0.4, -0.2) is 61.7 Å². The molecule has 1 aromatic heterocycles. The van der Waals surface area contributed by atoms with Crippen LogP contribution in [0.2, 0.25) is 0 Å². The SMILES string of the molecule is COc1cc(C(=O)Nc2ccc(OCC(=O)N3CCOCC3)cc2)ccn1. The third-order valence-electron chi connectivity index (χ3n) is 4.04. The van der Waals surface area contributed by atoms with E-state index in [1.165, 1.54) is 13.3 Å². The van der Waals surface area contributed by atoms with Gasteiger partial charge in [0.05, 0.1) is 20.3 Å². The molecule has 2 aromatic rings. The van der Waals surface area contributed by atoms with E-state index < -0.39 is 0 Å². The number of benzene rings is 1. The molecule has 0 radical (unpaired) electrons. The van der Waals surface area contributed by atoms with E-state index in [1.807, 2.05) is 0 Å². The fourth-order valence-corrected chi connectivity index (χ4v) is 2.55. The minimum Gasteiger partial charge on any atom is -0.484 e. The van der Waals surface area contributed by atoms with Crippen molar-refractivity contribution in [3.05, 3.63) is 48.2 Å². The van der Waals surface area contributed by atoms with E-state index in [0.717, 1.165) is 0 Å².